The minimum absolute atomic E-state index is 0.267. The van der Waals surface area contributed by atoms with Gasteiger partial charge in [0.05, 0.1) is 0 Å². The van der Waals surface area contributed by atoms with Crippen LogP contribution in [-0.4, -0.2) is 19.5 Å². The molecule has 0 aromatic heterocycles. The Hall–Kier alpha value is -2.27. The van der Waals surface area contributed by atoms with Crippen LogP contribution in [0.3, 0.4) is 0 Å². The maximum atomic E-state index is 11.1. The van der Waals surface area contributed by atoms with Gasteiger partial charge in [-0.3, -0.25) is 0 Å². The van der Waals surface area contributed by atoms with E-state index in [0.717, 1.165) is 30.3 Å². The van der Waals surface area contributed by atoms with Crippen molar-refractivity contribution in [2.75, 3.05) is 7.11 Å². The first-order chi connectivity index (χ1) is 13.3. The van der Waals surface area contributed by atoms with Crippen LogP contribution < -0.4 is 0 Å². The van der Waals surface area contributed by atoms with Gasteiger partial charge in [0.15, 0.2) is 0 Å². The third kappa shape index (κ3) is 5.86. The van der Waals surface area contributed by atoms with Gasteiger partial charge in [-0.15, -0.1) is 0 Å². The van der Waals surface area contributed by atoms with Gasteiger partial charge >= 0.3 is 0 Å². The summed E-state index contributed by atoms with van der Waals surface area (Å²) in [6, 6.07) is 19.3. The molecule has 0 aliphatic rings. The molecule has 0 amide bonds. The van der Waals surface area contributed by atoms with E-state index in [0.29, 0.717) is 6.42 Å². The molecule has 0 spiro atoms. The Kier molecular flexibility index (Phi) is 8.92. The van der Waals surface area contributed by atoms with Crippen molar-refractivity contribution in [2.24, 2.45) is 0 Å². The molecule has 0 N–H and O–H groups in total. The Morgan fingerprint density at radius 1 is 0.963 bits per heavy atom. The number of carbonyl (C=O) groups is 1. The van der Waals surface area contributed by atoms with E-state index in [1.165, 1.54) is 0 Å². The molecule has 144 valence electrons. The number of hydrogen-bond donors (Lipinski definition) is 0. The second-order valence-electron chi connectivity index (χ2n) is 6.21. The molecule has 0 heterocycles. The van der Waals surface area contributed by atoms with E-state index in [-0.39, 0.29) is 12.5 Å². The highest BCUT2D eigenvalue weighted by molar-refractivity contribution is 5.50. The molecular formula is C23H28O4. The molecule has 0 aliphatic carbocycles. The molecule has 0 saturated carbocycles. The number of carbonyl (C=O) groups excluding carboxylic acids is 1. The van der Waals surface area contributed by atoms with Crippen molar-refractivity contribution in [1.82, 2.24) is 0 Å². The predicted molar refractivity (Wildman–Crippen MR) is 106 cm³/mol. The van der Waals surface area contributed by atoms with Crippen molar-refractivity contribution in [1.29, 1.82) is 0 Å². The van der Waals surface area contributed by atoms with Crippen LogP contribution >= 0.6 is 0 Å². The van der Waals surface area contributed by atoms with Gasteiger partial charge in [0, 0.05) is 24.7 Å². The van der Waals surface area contributed by atoms with Gasteiger partial charge in [0.25, 0.3) is 5.79 Å². The average Bonchev–Trinajstić information content (AvgIpc) is 2.73. The Labute approximate surface area is 161 Å². The first-order valence-corrected chi connectivity index (χ1v) is 9.36. The van der Waals surface area contributed by atoms with Gasteiger partial charge in [-0.1, -0.05) is 79.7 Å². The molecule has 1 unspecified atom stereocenters. The maximum absolute atomic E-state index is 11.1. The number of rotatable bonds is 12. The lowest BCUT2D eigenvalue weighted by molar-refractivity contribution is -0.435. The van der Waals surface area contributed by atoms with Crippen molar-refractivity contribution >= 4 is 6.29 Å². The number of ether oxygens (including phenoxy) is 1. The van der Waals surface area contributed by atoms with E-state index in [1.807, 2.05) is 60.7 Å². The van der Waals surface area contributed by atoms with E-state index in [4.69, 9.17) is 14.5 Å². The van der Waals surface area contributed by atoms with E-state index in [1.54, 1.807) is 7.11 Å². The second-order valence-corrected chi connectivity index (χ2v) is 6.21. The zero-order valence-corrected chi connectivity index (χ0v) is 16.0. The molecule has 0 bridgehead atoms. The van der Waals surface area contributed by atoms with Crippen molar-refractivity contribution in [3.63, 3.8) is 0 Å². The van der Waals surface area contributed by atoms with Gasteiger partial charge < -0.3 is 9.53 Å². The molecule has 2 rings (SSSR count). The lowest BCUT2D eigenvalue weighted by Crippen LogP contribution is -2.35. The molecule has 2 aromatic carbocycles. The quantitative estimate of drug-likeness (QED) is 0.170. The Morgan fingerprint density at radius 2 is 1.56 bits per heavy atom. The molecule has 0 radical (unpaired) electrons. The van der Waals surface area contributed by atoms with Crippen LogP contribution in [0, 0.1) is 0 Å². The van der Waals surface area contributed by atoms with Gasteiger partial charge in [0.2, 0.25) is 0 Å². The highest BCUT2D eigenvalue weighted by atomic mass is 17.2. The summed E-state index contributed by atoms with van der Waals surface area (Å²) in [6.07, 6.45) is 7.49. The molecule has 2 aromatic rings. The Balaban J connectivity index is 2.23. The Morgan fingerprint density at radius 3 is 2.04 bits per heavy atom. The number of benzene rings is 2. The molecule has 4 heteroatoms. The van der Waals surface area contributed by atoms with Crippen LogP contribution in [0.1, 0.15) is 43.7 Å². The second kappa shape index (κ2) is 11.4. The average molecular weight is 368 g/mol. The highest BCUT2D eigenvalue weighted by Gasteiger charge is 2.38. The van der Waals surface area contributed by atoms with Gasteiger partial charge in [-0.25, -0.2) is 4.89 Å². The van der Waals surface area contributed by atoms with Crippen LogP contribution in [0.15, 0.2) is 72.8 Å². The van der Waals surface area contributed by atoms with Gasteiger partial charge in [-0.2, -0.15) is 4.89 Å². The molecule has 27 heavy (non-hydrogen) atoms. The SMILES string of the molecule is CC/C=C\CCC(CC=O)OOC(OC)(c1ccccc1)c1ccccc1. The summed E-state index contributed by atoms with van der Waals surface area (Å²) < 4.78 is 5.83. The summed E-state index contributed by atoms with van der Waals surface area (Å²) in [5, 5.41) is 0. The van der Waals surface area contributed by atoms with E-state index in [2.05, 4.69) is 19.1 Å². The van der Waals surface area contributed by atoms with E-state index in [9.17, 15) is 4.79 Å². The number of methoxy groups -OCH3 is 1. The molecular weight excluding hydrogens is 340 g/mol. The van der Waals surface area contributed by atoms with Crippen molar-refractivity contribution in [3.05, 3.63) is 83.9 Å². The zero-order valence-electron chi connectivity index (χ0n) is 16.0. The van der Waals surface area contributed by atoms with Crippen molar-refractivity contribution < 1.29 is 19.3 Å². The van der Waals surface area contributed by atoms with Crippen LogP contribution in [0.25, 0.3) is 0 Å². The monoisotopic (exact) mass is 368 g/mol. The predicted octanol–water partition coefficient (Wildman–Crippen LogP) is 5.19. The fraction of sp³-hybridized carbons (Fsp3) is 0.348. The normalized spacial score (nSPS) is 13.0. The number of allylic oxidation sites excluding steroid dienone is 2. The van der Waals surface area contributed by atoms with Crippen molar-refractivity contribution in [2.45, 2.75) is 44.5 Å². The fourth-order valence-electron chi connectivity index (χ4n) is 2.86. The first-order valence-electron chi connectivity index (χ1n) is 9.36. The highest BCUT2D eigenvalue weighted by Crippen LogP contribution is 2.35. The Bertz CT molecular complexity index is 643. The standard InChI is InChI=1S/C23H28O4/c1-3-4-5-12-17-22(18-19-24)26-27-23(25-2,20-13-8-6-9-14-20)21-15-10-7-11-16-21/h4-11,13-16,19,22H,3,12,17-18H2,1-2H3/b5-4-. The smallest absolute Gasteiger partial charge is 0.253 e. The van der Waals surface area contributed by atoms with Crippen LogP contribution in [-0.2, 0) is 25.1 Å². The first kappa shape index (κ1) is 21.0. The largest absolute Gasteiger partial charge is 0.344 e. The molecule has 1 atom stereocenters. The summed E-state index contributed by atoms with van der Waals surface area (Å²) in [7, 11) is 1.59. The minimum atomic E-state index is -1.21. The summed E-state index contributed by atoms with van der Waals surface area (Å²) >= 11 is 0. The molecule has 0 aliphatic heterocycles. The summed E-state index contributed by atoms with van der Waals surface area (Å²) in [4.78, 5) is 22.7. The number of hydrogen-bond acceptors (Lipinski definition) is 4. The van der Waals surface area contributed by atoms with Crippen LogP contribution in [0.2, 0.25) is 0 Å². The van der Waals surface area contributed by atoms with Crippen LogP contribution in [0.4, 0.5) is 0 Å². The lowest BCUT2D eigenvalue weighted by Gasteiger charge is -2.33. The maximum Gasteiger partial charge on any atom is 0.253 e. The summed E-state index contributed by atoms with van der Waals surface area (Å²) in [6.45, 7) is 2.09. The zero-order chi connectivity index (χ0) is 19.4. The van der Waals surface area contributed by atoms with Crippen LogP contribution in [0.5, 0.6) is 0 Å². The summed E-state index contributed by atoms with van der Waals surface area (Å²) in [5.74, 6) is -1.21. The van der Waals surface area contributed by atoms with Gasteiger partial charge in [-0.05, 0) is 19.3 Å². The fourth-order valence-corrected chi connectivity index (χ4v) is 2.86. The van der Waals surface area contributed by atoms with Gasteiger partial charge in [0.1, 0.15) is 12.4 Å². The summed E-state index contributed by atoms with van der Waals surface area (Å²) in [5.41, 5.74) is 1.63. The van der Waals surface area contributed by atoms with E-state index >= 15 is 0 Å². The van der Waals surface area contributed by atoms with Crippen molar-refractivity contribution in [3.8, 4) is 0 Å². The molecule has 4 nitrogen and oxygen atoms in total. The number of aldehydes is 1. The lowest BCUT2D eigenvalue weighted by atomic mass is 9.97. The topological polar surface area (TPSA) is 44.8 Å². The molecule has 0 saturated heterocycles. The third-order valence-electron chi connectivity index (χ3n) is 4.31. The van der Waals surface area contributed by atoms with E-state index < -0.39 is 5.79 Å². The third-order valence-corrected chi connectivity index (χ3v) is 4.31. The minimum Gasteiger partial charge on any atom is -0.344 e. The molecule has 0 fully saturated rings.